The minimum Gasteiger partial charge on any atom is -0.346 e. The number of thioether (sulfide) groups is 1. The van der Waals surface area contributed by atoms with Gasteiger partial charge >= 0.3 is 0 Å². The highest BCUT2D eigenvalue weighted by molar-refractivity contribution is 7.99. The third-order valence-electron chi connectivity index (χ3n) is 3.51. The van der Waals surface area contributed by atoms with Crippen molar-refractivity contribution in [3.63, 3.8) is 0 Å². The van der Waals surface area contributed by atoms with Crippen LogP contribution in [0.5, 0.6) is 0 Å². The molecule has 3 rings (SSSR count). The number of aromatic nitrogens is 4. The van der Waals surface area contributed by atoms with Gasteiger partial charge in [0.15, 0.2) is 0 Å². The number of carbonyl (C=O) groups excluding carboxylic acids is 2. The predicted molar refractivity (Wildman–Crippen MR) is 99.0 cm³/mol. The summed E-state index contributed by atoms with van der Waals surface area (Å²) in [6, 6.07) is 7.26. The fraction of sp³-hybridized carbons (Fsp3) is 0.235. The van der Waals surface area contributed by atoms with Crippen molar-refractivity contribution in [3.8, 4) is 0 Å². The molecule has 0 saturated heterocycles. The first kappa shape index (κ1) is 18.8. The maximum Gasteiger partial charge on any atom is 0.253 e. The molecule has 0 aliphatic carbocycles. The molecule has 2 heterocycles. The third-order valence-corrected chi connectivity index (χ3v) is 4.34. The second-order valence-electron chi connectivity index (χ2n) is 5.77. The number of nitrogens with zero attached hydrogens (tertiary/aromatic N) is 4. The maximum atomic E-state index is 12.8. The Labute approximate surface area is 158 Å². The van der Waals surface area contributed by atoms with Crippen molar-refractivity contribution in [2.75, 3.05) is 17.6 Å². The van der Waals surface area contributed by atoms with Gasteiger partial charge in [-0.3, -0.25) is 9.59 Å². The van der Waals surface area contributed by atoms with Gasteiger partial charge < -0.3 is 10.6 Å². The molecular formula is C17H17FN6O2S. The number of hydrogen-bond acceptors (Lipinski definition) is 6. The van der Waals surface area contributed by atoms with Crippen LogP contribution in [-0.4, -0.2) is 43.7 Å². The molecule has 1 aromatic carbocycles. The van der Waals surface area contributed by atoms with E-state index in [4.69, 9.17) is 0 Å². The van der Waals surface area contributed by atoms with Crippen LogP contribution in [0.2, 0.25) is 0 Å². The lowest BCUT2D eigenvalue weighted by Gasteiger charge is -2.06. The smallest absolute Gasteiger partial charge is 0.253 e. The van der Waals surface area contributed by atoms with Gasteiger partial charge in [-0.15, -0.1) is 5.10 Å². The summed E-state index contributed by atoms with van der Waals surface area (Å²) < 4.78 is 14.4. The summed E-state index contributed by atoms with van der Waals surface area (Å²) in [6.07, 6.45) is 0. The van der Waals surface area contributed by atoms with Crippen molar-refractivity contribution in [2.24, 2.45) is 0 Å². The standard InChI is InChI=1S/C17H17FN6O2S/c1-10-7-11(2)24-16(20-10)22-17(23-24)27-9-15(26)19-8-14(25)21-13-5-3-12(18)4-6-13/h3-7H,8-9H2,1-2H3,(H,19,26)(H,21,25). The Morgan fingerprint density at radius 3 is 2.63 bits per heavy atom. The SMILES string of the molecule is Cc1cc(C)n2nc(SCC(=O)NCC(=O)Nc3ccc(F)cc3)nc2n1. The van der Waals surface area contributed by atoms with E-state index < -0.39 is 5.91 Å². The summed E-state index contributed by atoms with van der Waals surface area (Å²) in [5, 5.41) is 9.81. The average molecular weight is 388 g/mol. The molecule has 27 heavy (non-hydrogen) atoms. The molecule has 10 heteroatoms. The summed E-state index contributed by atoms with van der Waals surface area (Å²) in [4.78, 5) is 32.3. The zero-order valence-corrected chi connectivity index (χ0v) is 15.5. The molecule has 0 spiro atoms. The number of rotatable bonds is 6. The van der Waals surface area contributed by atoms with E-state index >= 15 is 0 Å². The van der Waals surface area contributed by atoms with Crippen LogP contribution in [0, 0.1) is 19.7 Å². The van der Waals surface area contributed by atoms with Gasteiger partial charge in [-0.2, -0.15) is 4.98 Å². The maximum absolute atomic E-state index is 12.8. The topological polar surface area (TPSA) is 101 Å². The zero-order valence-electron chi connectivity index (χ0n) is 14.7. The van der Waals surface area contributed by atoms with Crippen LogP contribution >= 0.6 is 11.8 Å². The number of hydrogen-bond donors (Lipinski definition) is 2. The molecule has 2 N–H and O–H groups in total. The van der Waals surface area contributed by atoms with Crippen molar-refractivity contribution in [3.05, 3.63) is 47.5 Å². The number of fused-ring (bicyclic) bond motifs is 1. The average Bonchev–Trinajstić information content (AvgIpc) is 3.03. The van der Waals surface area contributed by atoms with E-state index in [-0.39, 0.29) is 24.0 Å². The second kappa shape index (κ2) is 8.12. The quantitative estimate of drug-likeness (QED) is 0.624. The molecule has 0 atom stereocenters. The van der Waals surface area contributed by atoms with Gasteiger partial charge in [0.05, 0.1) is 12.3 Å². The van der Waals surface area contributed by atoms with Gasteiger partial charge in [-0.1, -0.05) is 11.8 Å². The molecule has 140 valence electrons. The van der Waals surface area contributed by atoms with Crippen molar-refractivity contribution in [2.45, 2.75) is 19.0 Å². The van der Waals surface area contributed by atoms with Gasteiger partial charge in [0, 0.05) is 17.1 Å². The number of aryl methyl sites for hydroxylation is 2. The van der Waals surface area contributed by atoms with Crippen LogP contribution in [0.15, 0.2) is 35.5 Å². The number of anilines is 1. The van der Waals surface area contributed by atoms with E-state index in [1.807, 2.05) is 19.9 Å². The lowest BCUT2D eigenvalue weighted by atomic mass is 10.3. The number of carbonyl (C=O) groups is 2. The first-order valence-electron chi connectivity index (χ1n) is 8.06. The van der Waals surface area contributed by atoms with E-state index in [0.29, 0.717) is 16.6 Å². The number of benzene rings is 1. The Balaban J connectivity index is 1.47. The van der Waals surface area contributed by atoms with Gasteiger partial charge in [-0.05, 0) is 44.2 Å². The molecule has 0 radical (unpaired) electrons. The minimum absolute atomic E-state index is 0.0682. The van der Waals surface area contributed by atoms with Crippen LogP contribution < -0.4 is 10.6 Å². The van der Waals surface area contributed by atoms with Crippen molar-refractivity contribution in [1.29, 1.82) is 0 Å². The van der Waals surface area contributed by atoms with Gasteiger partial charge in [0.1, 0.15) is 5.82 Å². The molecule has 0 unspecified atom stereocenters. The van der Waals surface area contributed by atoms with E-state index in [1.165, 1.54) is 24.3 Å². The highest BCUT2D eigenvalue weighted by atomic mass is 32.2. The van der Waals surface area contributed by atoms with Crippen molar-refractivity contribution >= 4 is 35.0 Å². The minimum atomic E-state index is -0.402. The molecule has 0 bridgehead atoms. The third kappa shape index (κ3) is 5.00. The Hall–Kier alpha value is -3.01. The summed E-state index contributed by atoms with van der Waals surface area (Å²) in [7, 11) is 0. The fourth-order valence-corrected chi connectivity index (χ4v) is 2.96. The predicted octanol–water partition coefficient (Wildman–Crippen LogP) is 1.73. The molecule has 0 aliphatic rings. The molecule has 8 nitrogen and oxygen atoms in total. The van der Waals surface area contributed by atoms with Crippen LogP contribution in [0.3, 0.4) is 0 Å². The molecule has 0 aliphatic heterocycles. The summed E-state index contributed by atoms with van der Waals surface area (Å²) >= 11 is 1.16. The second-order valence-corrected chi connectivity index (χ2v) is 6.71. The molecule has 2 amide bonds. The van der Waals surface area contributed by atoms with Crippen LogP contribution in [0.1, 0.15) is 11.4 Å². The Bertz CT molecular complexity index is 989. The van der Waals surface area contributed by atoms with Crippen LogP contribution in [0.4, 0.5) is 10.1 Å². The molecule has 0 fully saturated rings. The van der Waals surface area contributed by atoms with E-state index in [9.17, 15) is 14.0 Å². The monoisotopic (exact) mass is 388 g/mol. The lowest BCUT2D eigenvalue weighted by Crippen LogP contribution is -2.33. The molecule has 0 saturated carbocycles. The Morgan fingerprint density at radius 1 is 1.15 bits per heavy atom. The van der Waals surface area contributed by atoms with Gasteiger partial charge in [-0.25, -0.2) is 13.9 Å². The Morgan fingerprint density at radius 2 is 1.89 bits per heavy atom. The zero-order chi connectivity index (χ0) is 19.4. The first-order valence-corrected chi connectivity index (χ1v) is 9.05. The lowest BCUT2D eigenvalue weighted by molar-refractivity contribution is -0.122. The summed E-state index contributed by atoms with van der Waals surface area (Å²) in [5.41, 5.74) is 2.20. The number of halogens is 1. The van der Waals surface area contributed by atoms with Crippen LogP contribution in [-0.2, 0) is 9.59 Å². The normalized spacial score (nSPS) is 10.8. The van der Waals surface area contributed by atoms with E-state index in [0.717, 1.165) is 23.1 Å². The van der Waals surface area contributed by atoms with Crippen molar-refractivity contribution in [1.82, 2.24) is 24.9 Å². The fourth-order valence-electron chi connectivity index (χ4n) is 2.31. The number of nitrogens with one attached hydrogen (secondary N) is 2. The molecule has 2 aromatic heterocycles. The highest BCUT2D eigenvalue weighted by Crippen LogP contribution is 2.15. The van der Waals surface area contributed by atoms with Crippen LogP contribution in [0.25, 0.3) is 5.78 Å². The van der Waals surface area contributed by atoms with Crippen molar-refractivity contribution < 1.29 is 14.0 Å². The van der Waals surface area contributed by atoms with E-state index in [2.05, 4.69) is 25.7 Å². The number of amides is 2. The first-order chi connectivity index (χ1) is 12.9. The van der Waals surface area contributed by atoms with Gasteiger partial charge in [0.2, 0.25) is 17.0 Å². The largest absolute Gasteiger partial charge is 0.346 e. The highest BCUT2D eigenvalue weighted by Gasteiger charge is 2.11. The van der Waals surface area contributed by atoms with Gasteiger partial charge in [0.25, 0.3) is 5.78 Å². The van der Waals surface area contributed by atoms with E-state index in [1.54, 1.807) is 4.52 Å². The summed E-state index contributed by atoms with van der Waals surface area (Å²) in [6.45, 7) is 3.59. The molecular weight excluding hydrogens is 371 g/mol. The Kier molecular flexibility index (Phi) is 5.65. The summed E-state index contributed by atoms with van der Waals surface area (Å²) in [5.74, 6) is -0.567. The molecule has 3 aromatic rings.